The molecule has 2 N–H and O–H groups in total. The Balaban J connectivity index is 1.50. The van der Waals surface area contributed by atoms with Gasteiger partial charge in [-0.3, -0.25) is 5.10 Å². The molecule has 3 aromatic rings. The number of ether oxygens (including phenoxy) is 1. The average molecular weight is 383 g/mol. The van der Waals surface area contributed by atoms with Gasteiger partial charge in [0.1, 0.15) is 23.4 Å². The Kier molecular flexibility index (Phi) is 3.97. The minimum atomic E-state index is -0.397. The van der Waals surface area contributed by atoms with E-state index >= 15 is 0 Å². The first-order valence-corrected chi connectivity index (χ1v) is 9.63. The van der Waals surface area contributed by atoms with Crippen LogP contribution in [-0.2, 0) is 0 Å². The number of benzene rings is 1. The lowest BCUT2D eigenvalue weighted by Gasteiger charge is -2.30. The molecule has 8 heteroatoms. The Morgan fingerprint density at radius 3 is 2.75 bits per heavy atom. The number of hydrogen-bond acceptors (Lipinski definition) is 6. The van der Waals surface area contributed by atoms with Crippen LogP contribution in [-0.4, -0.2) is 50.1 Å². The Bertz CT molecular complexity index is 1020. The normalized spacial score (nSPS) is 19.2. The fourth-order valence-corrected chi connectivity index (χ4v) is 3.58. The number of aliphatic hydroxyl groups excluding tert-OH is 1. The summed E-state index contributed by atoms with van der Waals surface area (Å²) in [5.41, 5.74) is 1.64. The van der Waals surface area contributed by atoms with Crippen molar-refractivity contribution in [3.05, 3.63) is 30.3 Å². The van der Waals surface area contributed by atoms with Crippen LogP contribution in [0.2, 0.25) is 0 Å². The van der Waals surface area contributed by atoms with Crippen LogP contribution in [0.3, 0.4) is 0 Å². The Hall–Kier alpha value is -2.74. The van der Waals surface area contributed by atoms with Crippen molar-refractivity contribution >= 4 is 16.7 Å². The molecular weight excluding hydrogens is 361 g/mol. The summed E-state index contributed by atoms with van der Waals surface area (Å²) < 4.78 is 20.3. The van der Waals surface area contributed by atoms with Crippen LogP contribution in [0.15, 0.2) is 24.5 Å². The van der Waals surface area contributed by atoms with Gasteiger partial charge in [0.25, 0.3) is 0 Å². The molecule has 0 spiro atoms. The van der Waals surface area contributed by atoms with E-state index in [2.05, 4.69) is 25.1 Å². The van der Waals surface area contributed by atoms with Crippen molar-refractivity contribution < 1.29 is 14.2 Å². The van der Waals surface area contributed by atoms with Crippen LogP contribution >= 0.6 is 0 Å². The monoisotopic (exact) mass is 383 g/mol. The summed E-state index contributed by atoms with van der Waals surface area (Å²) in [6.45, 7) is 3.49. The summed E-state index contributed by atoms with van der Waals surface area (Å²) in [4.78, 5) is 10.9. The van der Waals surface area contributed by atoms with Crippen LogP contribution in [0.5, 0.6) is 5.75 Å². The molecule has 1 aliphatic heterocycles. The lowest BCUT2D eigenvalue weighted by Crippen LogP contribution is -2.36. The van der Waals surface area contributed by atoms with Crippen molar-refractivity contribution in [3.63, 3.8) is 0 Å². The molecule has 2 fully saturated rings. The number of anilines is 1. The molecule has 0 amide bonds. The van der Waals surface area contributed by atoms with Crippen LogP contribution in [0, 0.1) is 5.82 Å². The highest BCUT2D eigenvalue weighted by Gasteiger charge is 2.40. The van der Waals surface area contributed by atoms with Crippen molar-refractivity contribution in [2.24, 2.45) is 0 Å². The van der Waals surface area contributed by atoms with Gasteiger partial charge >= 0.3 is 0 Å². The molecule has 5 rings (SSSR count). The number of halogens is 1. The molecule has 0 atom stereocenters. The third-order valence-electron chi connectivity index (χ3n) is 5.61. The SMILES string of the molecule is CC1(Oc2cc3c(-c4cc(N5CCC(O)CC5)ncn4)n[nH]c3cc2F)CC1. The molecule has 146 valence electrons. The lowest BCUT2D eigenvalue weighted by molar-refractivity contribution is 0.145. The smallest absolute Gasteiger partial charge is 0.167 e. The number of piperidine rings is 1. The molecule has 3 heterocycles. The van der Waals surface area contributed by atoms with Gasteiger partial charge in [0.2, 0.25) is 0 Å². The predicted molar refractivity (Wildman–Crippen MR) is 103 cm³/mol. The summed E-state index contributed by atoms with van der Waals surface area (Å²) in [6.07, 6.45) is 4.59. The third-order valence-corrected chi connectivity index (χ3v) is 5.61. The van der Waals surface area contributed by atoms with Crippen LogP contribution < -0.4 is 9.64 Å². The maximum absolute atomic E-state index is 14.4. The second kappa shape index (κ2) is 6.41. The van der Waals surface area contributed by atoms with Gasteiger partial charge in [-0.2, -0.15) is 5.10 Å². The average Bonchev–Trinajstić information content (AvgIpc) is 3.28. The molecule has 2 aliphatic rings. The summed E-state index contributed by atoms with van der Waals surface area (Å²) in [5.74, 6) is 0.651. The number of hydrogen-bond donors (Lipinski definition) is 2. The molecule has 1 aromatic carbocycles. The maximum Gasteiger partial charge on any atom is 0.167 e. The van der Waals surface area contributed by atoms with Gasteiger partial charge in [-0.1, -0.05) is 0 Å². The fraction of sp³-hybridized carbons (Fsp3) is 0.450. The standard InChI is InChI=1S/C20H22FN5O2/c1-20(4-5-20)28-17-8-13-15(9-14(17)21)24-25-19(13)16-10-18(23-11-22-16)26-6-2-12(27)3-7-26/h8-12,27H,2-7H2,1H3,(H,24,25). The van der Waals surface area contributed by atoms with E-state index in [4.69, 9.17) is 4.74 Å². The molecule has 0 radical (unpaired) electrons. The van der Waals surface area contributed by atoms with E-state index in [-0.39, 0.29) is 17.5 Å². The van der Waals surface area contributed by atoms with Crippen LogP contribution in [0.4, 0.5) is 10.2 Å². The maximum atomic E-state index is 14.4. The van der Waals surface area contributed by atoms with Gasteiger partial charge in [0.15, 0.2) is 11.6 Å². The Morgan fingerprint density at radius 2 is 2.00 bits per heavy atom. The van der Waals surface area contributed by atoms with E-state index in [0.29, 0.717) is 16.9 Å². The molecule has 28 heavy (non-hydrogen) atoms. The summed E-state index contributed by atoms with van der Waals surface area (Å²) in [5, 5.41) is 17.7. The second-order valence-electron chi connectivity index (χ2n) is 7.93. The van der Waals surface area contributed by atoms with Gasteiger partial charge in [-0.05, 0) is 38.7 Å². The zero-order valence-corrected chi connectivity index (χ0v) is 15.7. The van der Waals surface area contributed by atoms with Crippen molar-refractivity contribution in [1.29, 1.82) is 0 Å². The zero-order chi connectivity index (χ0) is 19.3. The molecule has 0 bridgehead atoms. The number of aromatic amines is 1. The minimum Gasteiger partial charge on any atom is -0.484 e. The van der Waals surface area contributed by atoms with Crippen molar-refractivity contribution in [2.45, 2.75) is 44.3 Å². The molecule has 1 saturated carbocycles. The number of aliphatic hydroxyl groups is 1. The van der Waals surface area contributed by atoms with Crippen LogP contribution in [0.1, 0.15) is 32.6 Å². The first-order chi connectivity index (χ1) is 13.5. The third kappa shape index (κ3) is 3.17. The van der Waals surface area contributed by atoms with E-state index in [1.807, 2.05) is 13.0 Å². The van der Waals surface area contributed by atoms with Gasteiger partial charge in [-0.15, -0.1) is 0 Å². The van der Waals surface area contributed by atoms with E-state index in [1.54, 1.807) is 6.07 Å². The number of aromatic nitrogens is 4. The summed E-state index contributed by atoms with van der Waals surface area (Å²) >= 11 is 0. The molecule has 1 aliphatic carbocycles. The first kappa shape index (κ1) is 17.4. The zero-order valence-electron chi connectivity index (χ0n) is 15.7. The minimum absolute atomic E-state index is 0.241. The largest absolute Gasteiger partial charge is 0.484 e. The van der Waals surface area contributed by atoms with Crippen molar-refractivity contribution in [1.82, 2.24) is 20.2 Å². The quantitative estimate of drug-likeness (QED) is 0.720. The topological polar surface area (TPSA) is 87.2 Å². The predicted octanol–water partition coefficient (Wildman–Crippen LogP) is 3.05. The molecule has 1 saturated heterocycles. The highest BCUT2D eigenvalue weighted by molar-refractivity contribution is 5.93. The number of rotatable bonds is 4. The van der Waals surface area contributed by atoms with E-state index < -0.39 is 5.82 Å². The van der Waals surface area contributed by atoms with E-state index in [0.717, 1.165) is 50.0 Å². The molecule has 7 nitrogen and oxygen atoms in total. The van der Waals surface area contributed by atoms with Gasteiger partial charge in [0, 0.05) is 30.6 Å². The first-order valence-electron chi connectivity index (χ1n) is 9.63. The highest BCUT2D eigenvalue weighted by atomic mass is 19.1. The number of fused-ring (bicyclic) bond motifs is 1. The molecule has 2 aromatic heterocycles. The molecular formula is C20H22FN5O2. The second-order valence-corrected chi connectivity index (χ2v) is 7.93. The summed E-state index contributed by atoms with van der Waals surface area (Å²) in [7, 11) is 0. The van der Waals surface area contributed by atoms with Gasteiger partial charge in [0.05, 0.1) is 17.3 Å². The fourth-order valence-electron chi connectivity index (χ4n) is 3.58. The summed E-state index contributed by atoms with van der Waals surface area (Å²) in [6, 6.07) is 5.01. The Morgan fingerprint density at radius 1 is 1.21 bits per heavy atom. The van der Waals surface area contributed by atoms with Gasteiger partial charge in [-0.25, -0.2) is 14.4 Å². The van der Waals surface area contributed by atoms with Crippen molar-refractivity contribution in [3.8, 4) is 17.1 Å². The van der Waals surface area contributed by atoms with E-state index in [1.165, 1.54) is 12.4 Å². The van der Waals surface area contributed by atoms with Crippen molar-refractivity contribution in [2.75, 3.05) is 18.0 Å². The van der Waals surface area contributed by atoms with Crippen LogP contribution in [0.25, 0.3) is 22.3 Å². The lowest BCUT2D eigenvalue weighted by atomic mass is 10.1. The molecule has 0 unspecified atom stereocenters. The highest BCUT2D eigenvalue weighted by Crippen LogP contribution is 2.41. The van der Waals surface area contributed by atoms with E-state index in [9.17, 15) is 9.50 Å². The van der Waals surface area contributed by atoms with Gasteiger partial charge < -0.3 is 14.7 Å². The number of nitrogens with one attached hydrogen (secondary N) is 1. The Labute approximate surface area is 161 Å². The number of nitrogens with zero attached hydrogens (tertiary/aromatic N) is 4. The number of H-pyrrole nitrogens is 1.